The van der Waals surface area contributed by atoms with E-state index in [1.807, 2.05) is 88.1 Å². The summed E-state index contributed by atoms with van der Waals surface area (Å²) in [5, 5.41) is 35.5. The van der Waals surface area contributed by atoms with Crippen molar-refractivity contribution in [3.63, 3.8) is 0 Å². The van der Waals surface area contributed by atoms with Crippen LogP contribution in [0.15, 0.2) is 72.5 Å². The van der Waals surface area contributed by atoms with Gasteiger partial charge in [0.2, 0.25) is 23.7 Å². The Hall–Kier alpha value is -6.24. The number of nitrogens with two attached hydrogens (primary N) is 1. The second-order valence-corrected chi connectivity index (χ2v) is 19.7. The van der Waals surface area contributed by atoms with Crippen molar-refractivity contribution in [3.8, 4) is 27.4 Å². The van der Waals surface area contributed by atoms with E-state index in [0.717, 1.165) is 58.9 Å². The average molecular weight is 901 g/mol. The number of phenolic OH excluding ortho intramolecular Hbond substituents is 1. The van der Waals surface area contributed by atoms with Gasteiger partial charge in [-0.1, -0.05) is 57.2 Å². The third-order valence-corrected chi connectivity index (χ3v) is 14.1. The average Bonchev–Trinajstić information content (AvgIpc) is 3.97. The van der Waals surface area contributed by atoms with Crippen LogP contribution in [0.1, 0.15) is 56.9 Å². The molecular formula is C47H56N12O5S. The molecule has 0 radical (unpaired) electrons. The molecule has 65 heavy (non-hydrogen) atoms. The minimum absolute atomic E-state index is 0.0129. The number of thiazole rings is 1. The number of aromatic nitrogens is 5. The van der Waals surface area contributed by atoms with Crippen molar-refractivity contribution >= 4 is 46.5 Å². The van der Waals surface area contributed by atoms with Crippen molar-refractivity contribution in [1.29, 1.82) is 0 Å². The van der Waals surface area contributed by atoms with Crippen LogP contribution in [-0.4, -0.2) is 126 Å². The van der Waals surface area contributed by atoms with E-state index in [-0.39, 0.29) is 61.0 Å². The fourth-order valence-corrected chi connectivity index (χ4v) is 10.4. The van der Waals surface area contributed by atoms with Gasteiger partial charge in [-0.3, -0.25) is 19.3 Å². The molecule has 9 rings (SSSR count). The molecule has 0 aliphatic carbocycles. The Morgan fingerprint density at radius 3 is 2.28 bits per heavy atom. The summed E-state index contributed by atoms with van der Waals surface area (Å²) in [4.78, 5) is 64.6. The Morgan fingerprint density at radius 2 is 1.62 bits per heavy atom. The number of aliphatic hydroxyl groups is 1. The number of anilines is 3. The van der Waals surface area contributed by atoms with Gasteiger partial charge in [0, 0.05) is 87.8 Å². The van der Waals surface area contributed by atoms with Crippen molar-refractivity contribution in [2.45, 2.75) is 90.3 Å². The molecule has 2 bridgehead atoms. The molecular weight excluding hydrogens is 845 g/mol. The monoisotopic (exact) mass is 900 g/mol. The maximum Gasteiger partial charge on any atom is 0.246 e. The van der Waals surface area contributed by atoms with Gasteiger partial charge >= 0.3 is 0 Å². The first-order valence-corrected chi connectivity index (χ1v) is 23.1. The van der Waals surface area contributed by atoms with E-state index in [1.54, 1.807) is 23.5 Å². The first-order chi connectivity index (χ1) is 31.2. The second-order valence-electron chi connectivity index (χ2n) is 18.9. The van der Waals surface area contributed by atoms with E-state index in [1.165, 1.54) is 4.90 Å². The number of likely N-dealkylation sites (tertiary alicyclic amines) is 2. The SMILES string of the molecule is Cc1ncsc1-c1ccc(CNC(=O)[C@@H]2C[C@@H](O)CN2C(=O)[C@@H](NC(=O)C2CN(Cc3cnc(N4C5CCC4CN(c4cc(-c6ccccc6O)nnc4N)C5)nc3)C2)C(C)(C)C)cc1. The molecule has 3 amide bonds. The molecule has 3 aromatic heterocycles. The van der Waals surface area contributed by atoms with Crippen LogP contribution in [0.4, 0.5) is 17.5 Å². The number of phenols is 1. The van der Waals surface area contributed by atoms with Gasteiger partial charge in [-0.25, -0.2) is 15.0 Å². The van der Waals surface area contributed by atoms with Crippen LogP contribution >= 0.6 is 11.3 Å². The van der Waals surface area contributed by atoms with Gasteiger partial charge in [0.1, 0.15) is 17.8 Å². The molecule has 4 aliphatic heterocycles. The molecule has 5 aromatic rings. The lowest BCUT2D eigenvalue weighted by Crippen LogP contribution is -2.61. The van der Waals surface area contributed by atoms with Gasteiger partial charge in [0.25, 0.3) is 0 Å². The van der Waals surface area contributed by atoms with Gasteiger partial charge in [0.15, 0.2) is 5.82 Å². The number of β-amino-alcohol motifs (C(OH)–C–C–N with tert-alkyl or cyclic N) is 1. The first-order valence-electron chi connectivity index (χ1n) is 22.2. The summed E-state index contributed by atoms with van der Waals surface area (Å²) in [5.74, 6) is -0.0817. The fourth-order valence-electron chi connectivity index (χ4n) is 9.62. The van der Waals surface area contributed by atoms with E-state index in [2.05, 4.69) is 40.5 Å². The number of aryl methyl sites for hydroxylation is 1. The number of amides is 3. The second kappa shape index (κ2) is 18.0. The van der Waals surface area contributed by atoms with Gasteiger partial charge in [0.05, 0.1) is 39.5 Å². The molecule has 0 saturated carbocycles. The van der Waals surface area contributed by atoms with Crippen LogP contribution in [0.5, 0.6) is 5.75 Å². The van der Waals surface area contributed by atoms with Crippen molar-refractivity contribution in [1.82, 2.24) is 45.6 Å². The molecule has 18 heteroatoms. The van der Waals surface area contributed by atoms with Crippen molar-refractivity contribution < 1.29 is 24.6 Å². The van der Waals surface area contributed by atoms with E-state index in [0.29, 0.717) is 42.7 Å². The van der Waals surface area contributed by atoms with Crippen LogP contribution in [0, 0.1) is 18.3 Å². The Labute approximate surface area is 382 Å². The molecule has 7 heterocycles. The normalized spacial score (nSPS) is 21.6. The number of nitrogens with one attached hydrogen (secondary N) is 2. The Bertz CT molecular complexity index is 2530. The number of benzene rings is 2. The Morgan fingerprint density at radius 1 is 0.908 bits per heavy atom. The predicted octanol–water partition coefficient (Wildman–Crippen LogP) is 3.75. The number of carbonyl (C=O) groups is 3. The molecule has 5 atom stereocenters. The topological polar surface area (TPSA) is 219 Å². The molecule has 4 saturated heterocycles. The van der Waals surface area contributed by atoms with Crippen LogP contribution in [0.25, 0.3) is 21.7 Å². The number of rotatable bonds is 12. The number of carbonyl (C=O) groups excluding carboxylic acids is 3. The summed E-state index contributed by atoms with van der Waals surface area (Å²) in [6.07, 6.45) is 4.98. The standard InChI is InChI=1S/C47H56N12O5S/c1-27-40(65-26-52-27)30-11-9-28(10-12-30)17-49-44(63)38-15-34(60)25-58(38)45(64)41(47(2,3)4)53-43(62)31-21-56(22-31)20-29-18-50-46(51-19-29)59-32-13-14-33(59)24-57(23-32)37-16-36(54-55-42(37)48)35-7-5-6-8-39(35)61/h5-12,16,18-19,26,31-34,38,41,60-61H,13-15,17,20-25H2,1-4H3,(H2,48,55)(H,49,63)(H,53,62)/t32?,33?,34-,38+,41-/m1/s1. The smallest absolute Gasteiger partial charge is 0.246 e. The van der Waals surface area contributed by atoms with Gasteiger partial charge in [-0.2, -0.15) is 0 Å². The van der Waals surface area contributed by atoms with Crippen LogP contribution in [0.2, 0.25) is 0 Å². The number of aliphatic hydroxyl groups excluding tert-OH is 1. The summed E-state index contributed by atoms with van der Waals surface area (Å²) in [7, 11) is 0. The zero-order chi connectivity index (χ0) is 45.6. The lowest BCUT2D eigenvalue weighted by atomic mass is 9.84. The van der Waals surface area contributed by atoms with Gasteiger partial charge < -0.3 is 41.3 Å². The summed E-state index contributed by atoms with van der Waals surface area (Å²) in [6.45, 7) is 11.0. The van der Waals surface area contributed by atoms with Crippen molar-refractivity contribution in [2.24, 2.45) is 11.3 Å². The minimum atomic E-state index is -0.898. The van der Waals surface area contributed by atoms with E-state index in [4.69, 9.17) is 15.7 Å². The third-order valence-electron chi connectivity index (χ3n) is 13.2. The van der Waals surface area contributed by atoms with Crippen LogP contribution < -0.4 is 26.2 Å². The fraction of sp³-hybridized carbons (Fsp3) is 0.447. The van der Waals surface area contributed by atoms with E-state index >= 15 is 0 Å². The number of nitrogens with zero attached hydrogens (tertiary/aromatic N) is 9. The minimum Gasteiger partial charge on any atom is -0.507 e. The highest BCUT2D eigenvalue weighted by Crippen LogP contribution is 2.38. The van der Waals surface area contributed by atoms with Crippen LogP contribution in [-0.2, 0) is 27.5 Å². The Kier molecular flexibility index (Phi) is 12.2. The van der Waals surface area contributed by atoms with Crippen molar-refractivity contribution in [3.05, 3.63) is 89.3 Å². The first kappa shape index (κ1) is 44.0. The molecule has 17 nitrogen and oxygen atoms in total. The molecule has 6 N–H and O–H groups in total. The zero-order valence-corrected chi connectivity index (χ0v) is 37.9. The summed E-state index contributed by atoms with van der Waals surface area (Å²) in [5.41, 5.74) is 13.3. The zero-order valence-electron chi connectivity index (χ0n) is 37.1. The number of hydrogen-bond donors (Lipinski definition) is 5. The molecule has 0 spiro atoms. The number of fused-ring (bicyclic) bond motifs is 2. The number of piperazine rings is 1. The number of para-hydroxylation sites is 1. The molecule has 4 fully saturated rings. The maximum atomic E-state index is 14.2. The van der Waals surface area contributed by atoms with Crippen molar-refractivity contribution in [2.75, 3.05) is 48.3 Å². The molecule has 4 aliphatic rings. The van der Waals surface area contributed by atoms with Gasteiger partial charge in [-0.15, -0.1) is 21.5 Å². The van der Waals surface area contributed by atoms with E-state index in [9.17, 15) is 24.6 Å². The summed E-state index contributed by atoms with van der Waals surface area (Å²) >= 11 is 1.58. The molecule has 2 aromatic carbocycles. The third kappa shape index (κ3) is 9.19. The highest BCUT2D eigenvalue weighted by molar-refractivity contribution is 7.13. The van der Waals surface area contributed by atoms with Crippen LogP contribution in [0.3, 0.4) is 0 Å². The molecule has 340 valence electrons. The lowest BCUT2D eigenvalue weighted by Gasteiger charge is -2.42. The quantitative estimate of drug-likeness (QED) is 0.121. The largest absolute Gasteiger partial charge is 0.507 e. The van der Waals surface area contributed by atoms with Gasteiger partial charge in [-0.05, 0) is 54.5 Å². The maximum absolute atomic E-state index is 14.2. The number of nitrogen functional groups attached to an aromatic ring is 1. The lowest BCUT2D eigenvalue weighted by molar-refractivity contribution is -0.145. The highest BCUT2D eigenvalue weighted by Gasteiger charge is 2.46. The molecule has 2 unspecified atom stereocenters. The number of hydrogen-bond acceptors (Lipinski definition) is 15. The summed E-state index contributed by atoms with van der Waals surface area (Å²) in [6, 6.07) is 15.5. The highest BCUT2D eigenvalue weighted by atomic mass is 32.1. The predicted molar refractivity (Wildman–Crippen MR) is 247 cm³/mol. The van der Waals surface area contributed by atoms with E-state index < -0.39 is 23.6 Å². The summed E-state index contributed by atoms with van der Waals surface area (Å²) < 4.78 is 0. The Balaban J connectivity index is 0.765. The number of aromatic hydroxyl groups is 1.